The fraction of sp³-hybridized carbons (Fsp3) is 0.118. The molecule has 0 bridgehead atoms. The summed E-state index contributed by atoms with van der Waals surface area (Å²) < 4.78 is 13.6. The van der Waals surface area contributed by atoms with Crippen LogP contribution in [0.4, 0.5) is 9.18 Å². The first-order valence-electron chi connectivity index (χ1n) is 7.03. The Balaban J connectivity index is 1.89. The van der Waals surface area contributed by atoms with Crippen LogP contribution in [0.25, 0.3) is 0 Å². The average molecular weight is 311 g/mol. The number of benzene rings is 2. The highest BCUT2D eigenvalue weighted by atomic mass is 19.1. The number of imide groups is 1. The van der Waals surface area contributed by atoms with Crippen LogP contribution in [0.2, 0.25) is 0 Å². The van der Waals surface area contributed by atoms with Gasteiger partial charge >= 0.3 is 6.03 Å². The van der Waals surface area contributed by atoms with Gasteiger partial charge in [-0.15, -0.1) is 5.01 Å². The van der Waals surface area contributed by atoms with E-state index in [1.807, 2.05) is 6.07 Å². The number of nitrogens with one attached hydrogen (secondary N) is 1. The molecule has 23 heavy (non-hydrogen) atoms. The Hall–Kier alpha value is -3.02. The van der Waals surface area contributed by atoms with E-state index >= 15 is 0 Å². The second-order valence-corrected chi connectivity index (χ2v) is 5.30. The molecule has 3 amide bonds. The maximum absolute atomic E-state index is 13.6. The lowest BCUT2D eigenvalue weighted by molar-refractivity contribution is -0.131. The van der Waals surface area contributed by atoms with E-state index in [1.165, 1.54) is 12.1 Å². The third kappa shape index (κ3) is 2.59. The van der Waals surface area contributed by atoms with Crippen molar-refractivity contribution in [3.8, 4) is 0 Å². The van der Waals surface area contributed by atoms with Gasteiger partial charge in [-0.25, -0.2) is 9.18 Å². The summed E-state index contributed by atoms with van der Waals surface area (Å²) in [4.78, 5) is 24.6. The van der Waals surface area contributed by atoms with Crippen molar-refractivity contribution in [2.45, 2.75) is 12.5 Å². The van der Waals surface area contributed by atoms with Gasteiger partial charge in [0.2, 0.25) is 0 Å². The summed E-state index contributed by atoms with van der Waals surface area (Å²) in [5.41, 5.74) is -0.339. The van der Waals surface area contributed by atoms with Crippen LogP contribution in [0, 0.1) is 5.82 Å². The van der Waals surface area contributed by atoms with E-state index < -0.39 is 23.3 Å². The number of amides is 3. The third-order valence-corrected chi connectivity index (χ3v) is 3.74. The van der Waals surface area contributed by atoms with Crippen LogP contribution in [0.3, 0.4) is 0 Å². The van der Waals surface area contributed by atoms with Crippen LogP contribution in [0.1, 0.15) is 18.1 Å². The lowest BCUT2D eigenvalue weighted by atomic mass is 9.92. The van der Waals surface area contributed by atoms with Crippen LogP contribution < -0.4 is 5.32 Å². The summed E-state index contributed by atoms with van der Waals surface area (Å²) in [6.07, 6.45) is 1.16. The van der Waals surface area contributed by atoms with Crippen molar-refractivity contribution in [3.63, 3.8) is 0 Å². The highest BCUT2D eigenvalue weighted by Gasteiger charge is 2.49. The Morgan fingerprint density at radius 2 is 1.74 bits per heavy atom. The number of halogens is 1. The number of carbonyl (C=O) groups is 2. The molecule has 0 radical (unpaired) electrons. The van der Waals surface area contributed by atoms with Crippen molar-refractivity contribution in [3.05, 3.63) is 71.5 Å². The van der Waals surface area contributed by atoms with Crippen LogP contribution in [0.5, 0.6) is 0 Å². The molecule has 0 unspecified atom stereocenters. The summed E-state index contributed by atoms with van der Waals surface area (Å²) in [5, 5.41) is 7.19. The van der Waals surface area contributed by atoms with Crippen molar-refractivity contribution >= 4 is 18.2 Å². The molecule has 2 aromatic carbocycles. The smallest absolute Gasteiger partial charge is 0.318 e. The first-order valence-corrected chi connectivity index (χ1v) is 7.03. The van der Waals surface area contributed by atoms with Crippen molar-refractivity contribution in [2.24, 2.45) is 5.10 Å². The second-order valence-electron chi connectivity index (χ2n) is 5.30. The maximum Gasteiger partial charge on any atom is 0.346 e. The van der Waals surface area contributed by atoms with Gasteiger partial charge in [0.25, 0.3) is 5.91 Å². The maximum atomic E-state index is 13.6. The summed E-state index contributed by atoms with van der Waals surface area (Å²) in [7, 11) is 0. The van der Waals surface area contributed by atoms with Gasteiger partial charge in [0.15, 0.2) is 0 Å². The van der Waals surface area contributed by atoms with E-state index in [0.717, 1.165) is 11.2 Å². The van der Waals surface area contributed by atoms with Crippen LogP contribution in [-0.2, 0) is 10.3 Å². The molecule has 5 nitrogen and oxygen atoms in total. The minimum absolute atomic E-state index is 0.196. The minimum Gasteiger partial charge on any atom is -0.318 e. The van der Waals surface area contributed by atoms with E-state index in [1.54, 1.807) is 43.3 Å². The zero-order valence-corrected chi connectivity index (χ0v) is 12.4. The molecule has 0 aromatic heterocycles. The predicted molar refractivity (Wildman–Crippen MR) is 83.2 cm³/mol. The predicted octanol–water partition coefficient (Wildman–Crippen LogP) is 2.63. The van der Waals surface area contributed by atoms with Gasteiger partial charge in [-0.1, -0.05) is 48.5 Å². The van der Waals surface area contributed by atoms with Crippen LogP contribution in [-0.4, -0.2) is 23.2 Å². The normalized spacial score (nSPS) is 21.0. The summed E-state index contributed by atoms with van der Waals surface area (Å²) in [6, 6.07) is 14.2. The molecular weight excluding hydrogens is 297 g/mol. The fourth-order valence-electron chi connectivity index (χ4n) is 2.40. The standard InChI is InChI=1S/C17H14FN3O2/c1-17(13-8-3-2-4-9-13)15(22)21(16(23)20-17)19-11-12-7-5-6-10-14(12)18/h2-11H,1H3,(H,20,23)/b19-11-/t17-/m1/s1. The highest BCUT2D eigenvalue weighted by molar-refractivity contribution is 6.07. The molecule has 1 aliphatic rings. The molecule has 1 N–H and O–H groups in total. The van der Waals surface area contributed by atoms with Gasteiger partial charge in [0.05, 0.1) is 6.21 Å². The number of carbonyl (C=O) groups excluding carboxylic acids is 2. The quantitative estimate of drug-likeness (QED) is 0.699. The van der Waals surface area contributed by atoms with Gasteiger partial charge in [-0.05, 0) is 18.6 Å². The number of urea groups is 1. The molecule has 0 spiro atoms. The lowest BCUT2D eigenvalue weighted by Crippen LogP contribution is -2.40. The van der Waals surface area contributed by atoms with Crippen LogP contribution in [0.15, 0.2) is 59.7 Å². The molecule has 116 valence electrons. The highest BCUT2D eigenvalue weighted by Crippen LogP contribution is 2.28. The van der Waals surface area contributed by atoms with Gasteiger partial charge in [-0.3, -0.25) is 4.79 Å². The lowest BCUT2D eigenvalue weighted by Gasteiger charge is -2.20. The number of rotatable bonds is 3. The van der Waals surface area contributed by atoms with E-state index in [0.29, 0.717) is 5.56 Å². The zero-order valence-electron chi connectivity index (χ0n) is 12.4. The van der Waals surface area contributed by atoms with E-state index in [-0.39, 0.29) is 5.56 Å². The number of hydrazone groups is 1. The number of nitrogens with zero attached hydrogens (tertiary/aromatic N) is 2. The molecule has 3 rings (SSSR count). The van der Waals surface area contributed by atoms with Gasteiger partial charge in [0.1, 0.15) is 11.4 Å². The zero-order chi connectivity index (χ0) is 16.4. The van der Waals surface area contributed by atoms with Crippen molar-refractivity contribution in [1.82, 2.24) is 10.3 Å². The largest absolute Gasteiger partial charge is 0.346 e. The first-order chi connectivity index (χ1) is 11.0. The SMILES string of the molecule is C[C@]1(c2ccccc2)NC(=O)N(/N=C\c2ccccc2F)C1=O. The molecule has 1 fully saturated rings. The summed E-state index contributed by atoms with van der Waals surface area (Å²) in [6.45, 7) is 1.61. The Labute approximate surface area is 132 Å². The van der Waals surface area contributed by atoms with Crippen molar-refractivity contribution in [2.75, 3.05) is 0 Å². The first kappa shape index (κ1) is 14.9. The molecule has 0 aliphatic carbocycles. The van der Waals surface area contributed by atoms with E-state index in [2.05, 4.69) is 10.4 Å². The Morgan fingerprint density at radius 1 is 1.09 bits per heavy atom. The van der Waals surface area contributed by atoms with Crippen molar-refractivity contribution < 1.29 is 14.0 Å². The Morgan fingerprint density at radius 3 is 2.43 bits per heavy atom. The topological polar surface area (TPSA) is 61.8 Å². The minimum atomic E-state index is -1.19. The molecule has 6 heteroatoms. The summed E-state index contributed by atoms with van der Waals surface area (Å²) in [5.74, 6) is -0.990. The van der Waals surface area contributed by atoms with Gasteiger partial charge in [0, 0.05) is 5.56 Å². The van der Waals surface area contributed by atoms with E-state index in [9.17, 15) is 14.0 Å². The average Bonchev–Trinajstić information content (AvgIpc) is 2.78. The van der Waals surface area contributed by atoms with E-state index in [4.69, 9.17) is 0 Å². The second kappa shape index (κ2) is 5.64. The Bertz CT molecular complexity index is 791. The summed E-state index contributed by atoms with van der Waals surface area (Å²) >= 11 is 0. The Kier molecular flexibility index (Phi) is 3.65. The monoisotopic (exact) mass is 311 g/mol. The van der Waals surface area contributed by atoms with Gasteiger partial charge in [-0.2, -0.15) is 5.10 Å². The number of hydrogen-bond acceptors (Lipinski definition) is 3. The van der Waals surface area contributed by atoms with Gasteiger partial charge < -0.3 is 5.32 Å². The number of hydrogen-bond donors (Lipinski definition) is 1. The third-order valence-electron chi connectivity index (χ3n) is 3.74. The fourth-order valence-corrected chi connectivity index (χ4v) is 2.40. The molecule has 1 aliphatic heterocycles. The molecular formula is C17H14FN3O2. The molecule has 1 saturated heterocycles. The molecule has 2 aromatic rings. The van der Waals surface area contributed by atoms with Crippen LogP contribution >= 0.6 is 0 Å². The molecule has 1 heterocycles. The van der Waals surface area contributed by atoms with Crippen molar-refractivity contribution in [1.29, 1.82) is 0 Å². The molecule has 0 saturated carbocycles. The molecule has 1 atom stereocenters.